The van der Waals surface area contributed by atoms with Crippen molar-refractivity contribution in [1.29, 1.82) is 0 Å². The Morgan fingerprint density at radius 1 is 1.19 bits per heavy atom. The van der Waals surface area contributed by atoms with Crippen LogP contribution in [0.15, 0.2) is 51.7 Å². The van der Waals surface area contributed by atoms with Gasteiger partial charge in [-0.25, -0.2) is 9.59 Å². The first kappa shape index (κ1) is 13.5. The fraction of sp³-hybridized carbons (Fsp3) is 0.0667. The molecule has 6 heteroatoms. The largest absolute Gasteiger partial charge is 0.478 e. The monoisotopic (exact) mass is 303 g/mol. The molecule has 5 nitrogen and oxygen atoms in total. The van der Waals surface area contributed by atoms with E-state index in [-0.39, 0.29) is 11.1 Å². The zero-order valence-electron chi connectivity index (χ0n) is 10.7. The molecule has 0 saturated heterocycles. The number of hydrogen-bond acceptors (Lipinski definition) is 3. The van der Waals surface area contributed by atoms with Crippen molar-refractivity contribution in [2.45, 2.75) is 6.54 Å². The number of carboxylic acids is 1. The summed E-state index contributed by atoms with van der Waals surface area (Å²) in [5.41, 5.74) is 1.79. The molecule has 0 fully saturated rings. The molecule has 0 aliphatic carbocycles. The molecule has 1 N–H and O–H groups in total. The van der Waals surface area contributed by atoms with Crippen molar-refractivity contribution >= 4 is 28.7 Å². The van der Waals surface area contributed by atoms with Crippen LogP contribution in [0.5, 0.6) is 0 Å². The minimum Gasteiger partial charge on any atom is -0.478 e. The van der Waals surface area contributed by atoms with Crippen LogP contribution >= 0.6 is 11.6 Å². The summed E-state index contributed by atoms with van der Waals surface area (Å²) >= 11 is 5.82. The fourth-order valence-corrected chi connectivity index (χ4v) is 2.25. The van der Waals surface area contributed by atoms with Crippen LogP contribution in [0.25, 0.3) is 11.1 Å². The second kappa shape index (κ2) is 5.10. The number of fused-ring (bicyclic) bond motifs is 1. The van der Waals surface area contributed by atoms with Gasteiger partial charge >= 0.3 is 11.7 Å². The number of halogens is 1. The number of rotatable bonds is 3. The van der Waals surface area contributed by atoms with Crippen LogP contribution in [0.4, 0.5) is 0 Å². The van der Waals surface area contributed by atoms with Crippen molar-refractivity contribution in [3.05, 3.63) is 69.2 Å². The maximum absolute atomic E-state index is 11.9. The summed E-state index contributed by atoms with van der Waals surface area (Å²) < 4.78 is 6.55. The third-order valence-corrected chi connectivity index (χ3v) is 3.42. The Hall–Kier alpha value is -2.53. The molecule has 0 aliphatic heterocycles. The quantitative estimate of drug-likeness (QED) is 0.807. The minimum atomic E-state index is -1.06. The molecule has 0 bridgehead atoms. The average molecular weight is 304 g/mol. The lowest BCUT2D eigenvalue weighted by atomic mass is 10.2. The molecule has 0 spiro atoms. The summed E-state index contributed by atoms with van der Waals surface area (Å²) in [4.78, 5) is 22.8. The lowest BCUT2D eigenvalue weighted by Crippen LogP contribution is -2.14. The predicted molar refractivity (Wildman–Crippen MR) is 78.0 cm³/mol. The number of benzene rings is 2. The number of aromatic carboxylic acids is 1. The van der Waals surface area contributed by atoms with E-state index in [1.54, 1.807) is 18.2 Å². The molecule has 3 rings (SSSR count). The summed E-state index contributed by atoms with van der Waals surface area (Å²) in [5.74, 6) is -1.59. The summed E-state index contributed by atoms with van der Waals surface area (Å²) in [5, 5.41) is 9.56. The molecule has 1 aromatic heterocycles. The smallest absolute Gasteiger partial charge is 0.420 e. The van der Waals surface area contributed by atoms with Crippen LogP contribution in [0.3, 0.4) is 0 Å². The van der Waals surface area contributed by atoms with Crippen molar-refractivity contribution in [1.82, 2.24) is 4.57 Å². The van der Waals surface area contributed by atoms with Gasteiger partial charge in [0, 0.05) is 5.02 Å². The molecule has 0 amide bonds. The highest BCUT2D eigenvalue weighted by Gasteiger charge is 2.12. The Morgan fingerprint density at radius 3 is 2.57 bits per heavy atom. The molecular formula is C15H10ClNO4. The van der Waals surface area contributed by atoms with Gasteiger partial charge in [-0.15, -0.1) is 0 Å². The van der Waals surface area contributed by atoms with E-state index in [0.717, 1.165) is 5.56 Å². The zero-order valence-corrected chi connectivity index (χ0v) is 11.5. The molecule has 0 radical (unpaired) electrons. The Morgan fingerprint density at radius 2 is 1.90 bits per heavy atom. The average Bonchev–Trinajstić information content (AvgIpc) is 2.76. The van der Waals surface area contributed by atoms with Gasteiger partial charge in [0.2, 0.25) is 0 Å². The van der Waals surface area contributed by atoms with Gasteiger partial charge in [0.05, 0.1) is 17.6 Å². The number of hydrogen-bond donors (Lipinski definition) is 1. The first-order chi connectivity index (χ1) is 10.0. The van der Waals surface area contributed by atoms with Crippen LogP contribution in [0.1, 0.15) is 15.9 Å². The third-order valence-electron chi connectivity index (χ3n) is 3.17. The Kier molecular flexibility index (Phi) is 3.27. The first-order valence-corrected chi connectivity index (χ1v) is 6.53. The zero-order chi connectivity index (χ0) is 15.0. The van der Waals surface area contributed by atoms with Gasteiger partial charge in [-0.2, -0.15) is 0 Å². The highest BCUT2D eigenvalue weighted by Crippen LogP contribution is 2.17. The number of carbonyl (C=O) groups is 1. The maximum Gasteiger partial charge on any atom is 0.420 e. The van der Waals surface area contributed by atoms with Crippen molar-refractivity contribution in [2.24, 2.45) is 0 Å². The van der Waals surface area contributed by atoms with Crippen LogP contribution in [0, 0.1) is 0 Å². The van der Waals surface area contributed by atoms with E-state index in [2.05, 4.69) is 0 Å². The highest BCUT2D eigenvalue weighted by atomic mass is 35.5. The number of carboxylic acid groups (broad SMARTS) is 1. The standard InChI is InChI=1S/C15H10ClNO4/c16-11-4-1-9(2-5-11)8-17-12-6-3-10(14(18)19)7-13(12)21-15(17)20/h1-7H,8H2,(H,18,19). The van der Waals surface area contributed by atoms with Crippen molar-refractivity contribution in [3.8, 4) is 0 Å². The summed E-state index contributed by atoms with van der Waals surface area (Å²) in [7, 11) is 0. The van der Waals surface area contributed by atoms with E-state index in [1.165, 1.54) is 16.7 Å². The topological polar surface area (TPSA) is 72.4 Å². The number of oxazole rings is 1. The van der Waals surface area contributed by atoms with Gasteiger partial charge in [-0.3, -0.25) is 4.57 Å². The SMILES string of the molecule is O=C(O)c1ccc2c(c1)oc(=O)n2Cc1ccc(Cl)cc1. The molecule has 21 heavy (non-hydrogen) atoms. The normalized spacial score (nSPS) is 10.9. The molecule has 0 unspecified atom stereocenters. The Bertz CT molecular complexity index is 877. The summed E-state index contributed by atoms with van der Waals surface area (Å²) in [6, 6.07) is 11.5. The van der Waals surface area contributed by atoms with E-state index >= 15 is 0 Å². The third kappa shape index (κ3) is 2.55. The van der Waals surface area contributed by atoms with Crippen LogP contribution in [0.2, 0.25) is 5.02 Å². The molecule has 0 saturated carbocycles. The number of nitrogens with zero attached hydrogens (tertiary/aromatic N) is 1. The molecular weight excluding hydrogens is 294 g/mol. The van der Waals surface area contributed by atoms with Crippen LogP contribution < -0.4 is 5.76 Å². The maximum atomic E-state index is 11.9. The molecule has 0 atom stereocenters. The second-order valence-electron chi connectivity index (χ2n) is 4.57. The number of aromatic nitrogens is 1. The van der Waals surface area contributed by atoms with Crippen LogP contribution in [-0.2, 0) is 6.54 Å². The van der Waals surface area contributed by atoms with Crippen molar-refractivity contribution in [2.75, 3.05) is 0 Å². The fourth-order valence-electron chi connectivity index (χ4n) is 2.12. The van der Waals surface area contributed by atoms with Gasteiger partial charge in [0.1, 0.15) is 0 Å². The summed E-state index contributed by atoms with van der Waals surface area (Å²) in [6.07, 6.45) is 0. The molecule has 0 aliphatic rings. The lowest BCUT2D eigenvalue weighted by molar-refractivity contribution is 0.0697. The van der Waals surface area contributed by atoms with E-state index in [4.69, 9.17) is 21.1 Å². The lowest BCUT2D eigenvalue weighted by Gasteiger charge is -2.03. The van der Waals surface area contributed by atoms with E-state index < -0.39 is 11.7 Å². The second-order valence-corrected chi connectivity index (χ2v) is 5.00. The van der Waals surface area contributed by atoms with E-state index in [1.807, 2.05) is 12.1 Å². The van der Waals surface area contributed by atoms with Gasteiger partial charge in [-0.1, -0.05) is 23.7 Å². The van der Waals surface area contributed by atoms with Crippen molar-refractivity contribution < 1.29 is 14.3 Å². The molecule has 106 valence electrons. The Balaban J connectivity index is 2.06. The van der Waals surface area contributed by atoms with Gasteiger partial charge in [-0.05, 0) is 35.9 Å². The summed E-state index contributed by atoms with van der Waals surface area (Å²) in [6.45, 7) is 0.329. The molecule has 1 heterocycles. The molecule has 2 aromatic carbocycles. The Labute approximate surface area is 124 Å². The van der Waals surface area contributed by atoms with Gasteiger partial charge in [0.25, 0.3) is 0 Å². The van der Waals surface area contributed by atoms with Gasteiger partial charge < -0.3 is 9.52 Å². The molecule has 3 aromatic rings. The van der Waals surface area contributed by atoms with E-state index in [0.29, 0.717) is 17.1 Å². The highest BCUT2D eigenvalue weighted by molar-refractivity contribution is 6.30. The van der Waals surface area contributed by atoms with Crippen LogP contribution in [-0.4, -0.2) is 15.6 Å². The van der Waals surface area contributed by atoms with E-state index in [9.17, 15) is 9.59 Å². The first-order valence-electron chi connectivity index (χ1n) is 6.16. The van der Waals surface area contributed by atoms with Gasteiger partial charge in [0.15, 0.2) is 5.58 Å². The van der Waals surface area contributed by atoms with Crippen molar-refractivity contribution in [3.63, 3.8) is 0 Å². The predicted octanol–water partition coefficient (Wildman–Crippen LogP) is 2.99. The minimum absolute atomic E-state index is 0.0786.